The molecule has 3 heterocycles. The number of rotatable bonds is 8. The summed E-state index contributed by atoms with van der Waals surface area (Å²) in [5.41, 5.74) is 2.44. The maximum Gasteiger partial charge on any atom is 0.411 e. The Kier molecular flexibility index (Phi) is 9.11. The summed E-state index contributed by atoms with van der Waals surface area (Å²) in [6.07, 6.45) is 1.78. The van der Waals surface area contributed by atoms with Gasteiger partial charge in [0.1, 0.15) is 17.6 Å². The molecule has 0 bridgehead atoms. The molecule has 230 valence electrons. The number of carbonyl (C=O) groups is 2. The Morgan fingerprint density at radius 2 is 1.81 bits per heavy atom. The molecule has 2 aromatic rings. The zero-order chi connectivity index (χ0) is 31.0. The Hall–Kier alpha value is -3.33. The van der Waals surface area contributed by atoms with Crippen LogP contribution in [0.2, 0.25) is 0 Å². The highest BCUT2D eigenvalue weighted by atomic mass is 16.6. The molecule has 0 saturated carbocycles. The number of anilines is 1. The Balaban J connectivity index is 1.87. The van der Waals surface area contributed by atoms with Crippen molar-refractivity contribution in [2.75, 3.05) is 25.1 Å². The summed E-state index contributed by atoms with van der Waals surface area (Å²) in [7, 11) is 1.66. The molecule has 0 radical (unpaired) electrons. The lowest BCUT2D eigenvalue weighted by Crippen LogP contribution is -2.48. The van der Waals surface area contributed by atoms with Crippen molar-refractivity contribution in [3.8, 4) is 5.75 Å². The van der Waals surface area contributed by atoms with Crippen LogP contribution in [0.3, 0.4) is 0 Å². The predicted octanol–water partition coefficient (Wildman–Crippen LogP) is 5.77. The number of nitrogens with one attached hydrogen (secondary N) is 1. The van der Waals surface area contributed by atoms with Gasteiger partial charge in [-0.3, -0.25) is 4.90 Å². The van der Waals surface area contributed by atoms with Crippen molar-refractivity contribution in [2.45, 2.75) is 98.0 Å². The molecule has 2 fully saturated rings. The Labute approximate surface area is 250 Å². The van der Waals surface area contributed by atoms with Crippen LogP contribution >= 0.6 is 0 Å². The van der Waals surface area contributed by atoms with E-state index in [1.54, 1.807) is 27.2 Å². The van der Waals surface area contributed by atoms with Gasteiger partial charge < -0.3 is 24.8 Å². The van der Waals surface area contributed by atoms with Crippen LogP contribution in [-0.2, 0) is 21.5 Å². The fourth-order valence-electron chi connectivity index (χ4n) is 6.31. The lowest BCUT2D eigenvalue weighted by Gasteiger charge is -2.38. The molecular weight excluding hydrogens is 532 g/mol. The summed E-state index contributed by atoms with van der Waals surface area (Å²) in [5, 5.41) is 14.4. The molecule has 2 aliphatic heterocycles. The number of benzene rings is 1. The van der Waals surface area contributed by atoms with Gasteiger partial charge in [0.15, 0.2) is 0 Å². The van der Waals surface area contributed by atoms with Crippen LogP contribution in [0.25, 0.3) is 0 Å². The average molecular weight is 581 g/mol. The van der Waals surface area contributed by atoms with Crippen LogP contribution in [0.1, 0.15) is 84.5 Å². The average Bonchev–Trinajstić information content (AvgIpc) is 3.22. The first kappa shape index (κ1) is 31.6. The minimum atomic E-state index is -1.11. The third-order valence-corrected chi connectivity index (χ3v) is 8.43. The molecule has 2 saturated heterocycles. The van der Waals surface area contributed by atoms with Crippen molar-refractivity contribution in [3.05, 3.63) is 53.2 Å². The first-order valence-corrected chi connectivity index (χ1v) is 15.0. The summed E-state index contributed by atoms with van der Waals surface area (Å²) in [6.45, 7) is 18.3. The highest BCUT2D eigenvalue weighted by Gasteiger charge is 2.59. The first-order chi connectivity index (χ1) is 19.6. The summed E-state index contributed by atoms with van der Waals surface area (Å²) in [6, 6.07) is 7.90. The van der Waals surface area contributed by atoms with Gasteiger partial charge >= 0.3 is 12.1 Å². The number of amides is 1. The Bertz CT molecular complexity index is 1280. The van der Waals surface area contributed by atoms with Crippen molar-refractivity contribution in [1.82, 2.24) is 15.2 Å². The predicted molar refractivity (Wildman–Crippen MR) is 164 cm³/mol. The van der Waals surface area contributed by atoms with Crippen LogP contribution in [-0.4, -0.2) is 65.4 Å². The van der Waals surface area contributed by atoms with Gasteiger partial charge in [-0.2, -0.15) is 0 Å². The largest absolute Gasteiger partial charge is 0.496 e. The van der Waals surface area contributed by atoms with E-state index in [1.807, 2.05) is 39.0 Å². The minimum absolute atomic E-state index is 0.0570. The normalized spacial score (nSPS) is 22.7. The third-order valence-electron chi connectivity index (χ3n) is 8.43. The van der Waals surface area contributed by atoms with Crippen molar-refractivity contribution < 1.29 is 24.2 Å². The quantitative estimate of drug-likeness (QED) is 0.405. The number of pyridine rings is 1. The van der Waals surface area contributed by atoms with Crippen LogP contribution < -0.4 is 15.0 Å². The molecule has 2 N–H and O–H groups in total. The highest BCUT2D eigenvalue weighted by molar-refractivity contribution is 5.82. The molecule has 2 aliphatic rings. The van der Waals surface area contributed by atoms with Crippen molar-refractivity contribution in [1.29, 1.82) is 0 Å². The van der Waals surface area contributed by atoms with Gasteiger partial charge in [-0.25, -0.2) is 14.6 Å². The number of nitrogens with zero attached hydrogens (tertiary/aromatic N) is 3. The fraction of sp³-hybridized carbons (Fsp3) is 0.606. The zero-order valence-corrected chi connectivity index (χ0v) is 26.6. The van der Waals surface area contributed by atoms with E-state index in [2.05, 4.69) is 43.1 Å². The van der Waals surface area contributed by atoms with E-state index in [0.29, 0.717) is 6.54 Å². The molecular formula is C33H48N4O5. The number of hydrogen-bond acceptors (Lipinski definition) is 7. The second kappa shape index (κ2) is 12.1. The van der Waals surface area contributed by atoms with E-state index in [4.69, 9.17) is 14.5 Å². The highest BCUT2D eigenvalue weighted by Crippen LogP contribution is 2.50. The first-order valence-electron chi connectivity index (χ1n) is 15.0. The molecule has 9 heteroatoms. The molecule has 4 atom stereocenters. The molecule has 0 spiro atoms. The molecule has 0 aliphatic carbocycles. The number of aromatic nitrogens is 1. The molecule has 1 amide bonds. The summed E-state index contributed by atoms with van der Waals surface area (Å²) in [4.78, 5) is 35.3. The monoisotopic (exact) mass is 580 g/mol. The number of carboxylic acid groups (broad SMARTS) is 1. The van der Waals surface area contributed by atoms with E-state index in [0.717, 1.165) is 42.2 Å². The SMILES string of the molecule is COc1ccc(C(C)(C)C)cc1CN[C@H]1[C@H](C(C)(C)C)[C@@H](C(=O)O)N(C(=O)OC(C)C)[C@H]1c1cccnc1N1CCC1. The maximum absolute atomic E-state index is 13.8. The minimum Gasteiger partial charge on any atom is -0.496 e. The van der Waals surface area contributed by atoms with Crippen LogP contribution in [0, 0.1) is 11.3 Å². The number of carbonyl (C=O) groups excluding carboxylic acids is 1. The van der Waals surface area contributed by atoms with Gasteiger partial charge in [0.05, 0.1) is 19.3 Å². The fourth-order valence-corrected chi connectivity index (χ4v) is 6.31. The maximum atomic E-state index is 13.8. The van der Waals surface area contributed by atoms with Gasteiger partial charge in [0, 0.05) is 48.9 Å². The van der Waals surface area contributed by atoms with Gasteiger partial charge in [-0.05, 0) is 48.8 Å². The van der Waals surface area contributed by atoms with Crippen LogP contribution in [0.15, 0.2) is 36.5 Å². The molecule has 1 aromatic heterocycles. The zero-order valence-electron chi connectivity index (χ0n) is 26.6. The number of ether oxygens (including phenoxy) is 2. The summed E-state index contributed by atoms with van der Waals surface area (Å²) >= 11 is 0. The van der Waals surface area contributed by atoms with Crippen molar-refractivity contribution >= 4 is 17.9 Å². The van der Waals surface area contributed by atoms with E-state index in [-0.39, 0.29) is 5.41 Å². The van der Waals surface area contributed by atoms with E-state index in [9.17, 15) is 14.7 Å². The number of hydrogen-bond donors (Lipinski definition) is 2. The molecule has 42 heavy (non-hydrogen) atoms. The van der Waals surface area contributed by atoms with E-state index in [1.165, 1.54) is 10.5 Å². The number of methoxy groups -OCH3 is 1. The molecule has 9 nitrogen and oxygen atoms in total. The van der Waals surface area contributed by atoms with Crippen LogP contribution in [0.4, 0.5) is 10.6 Å². The summed E-state index contributed by atoms with van der Waals surface area (Å²) in [5.74, 6) is 0.0485. The molecule has 0 unspecified atom stereocenters. The second-order valence-electron chi connectivity index (χ2n) is 13.9. The number of likely N-dealkylation sites (tertiary alicyclic amines) is 1. The van der Waals surface area contributed by atoms with Gasteiger partial charge in [-0.1, -0.05) is 59.7 Å². The standard InChI is InChI=1S/C33H48N4O5/c1-20(2)42-31(40)37-27(23-12-10-15-34-29(23)36-16-11-17-36)26(25(33(6,7)8)28(37)30(38)39)35-19-21-18-22(32(3,4)5)13-14-24(21)41-9/h10,12-15,18,20,25-28,35H,11,16-17,19H2,1-9H3,(H,38,39)/t25-,26-,27-,28-/m0/s1. The van der Waals surface area contributed by atoms with Gasteiger partial charge in [0.2, 0.25) is 0 Å². The van der Waals surface area contributed by atoms with Crippen molar-refractivity contribution in [2.24, 2.45) is 11.3 Å². The Morgan fingerprint density at radius 3 is 2.33 bits per heavy atom. The second-order valence-corrected chi connectivity index (χ2v) is 13.9. The number of aliphatic carboxylic acids is 1. The number of carboxylic acids is 1. The van der Waals surface area contributed by atoms with Crippen molar-refractivity contribution in [3.63, 3.8) is 0 Å². The Morgan fingerprint density at radius 1 is 1.12 bits per heavy atom. The molecule has 4 rings (SSSR count). The third kappa shape index (κ3) is 6.36. The lowest BCUT2D eigenvalue weighted by atomic mass is 9.72. The summed E-state index contributed by atoms with van der Waals surface area (Å²) < 4.78 is 11.4. The van der Waals surface area contributed by atoms with E-state index >= 15 is 0 Å². The van der Waals surface area contributed by atoms with Gasteiger partial charge in [-0.15, -0.1) is 0 Å². The lowest BCUT2D eigenvalue weighted by molar-refractivity contribution is -0.144. The van der Waals surface area contributed by atoms with E-state index < -0.39 is 47.6 Å². The van der Waals surface area contributed by atoms with Gasteiger partial charge in [0.25, 0.3) is 0 Å². The molecule has 1 aromatic carbocycles. The van der Waals surface area contributed by atoms with Crippen LogP contribution in [0.5, 0.6) is 5.75 Å². The smallest absolute Gasteiger partial charge is 0.411 e. The topological polar surface area (TPSA) is 104 Å².